The molecule has 0 aromatic carbocycles. The van der Waals surface area contributed by atoms with Gasteiger partial charge >= 0.3 is 0 Å². The van der Waals surface area contributed by atoms with Crippen molar-refractivity contribution in [2.75, 3.05) is 5.75 Å². The second-order valence-electron chi connectivity index (χ2n) is 14.1. The molecular formula is C38H77NO6S. The van der Waals surface area contributed by atoms with Gasteiger partial charge < -0.3 is 15.5 Å². The van der Waals surface area contributed by atoms with Crippen LogP contribution in [0.15, 0.2) is 0 Å². The highest BCUT2D eigenvalue weighted by atomic mass is 32.2. The van der Waals surface area contributed by atoms with E-state index in [1.807, 2.05) is 0 Å². The van der Waals surface area contributed by atoms with E-state index in [0.717, 1.165) is 44.9 Å². The first-order valence-corrected chi connectivity index (χ1v) is 21.4. The van der Waals surface area contributed by atoms with Gasteiger partial charge in [-0.05, 0) is 12.8 Å². The van der Waals surface area contributed by atoms with E-state index < -0.39 is 40.0 Å². The normalized spacial score (nSPS) is 13.9. The molecule has 0 aliphatic rings. The van der Waals surface area contributed by atoms with Crippen molar-refractivity contribution in [3.05, 3.63) is 0 Å². The molecule has 0 spiro atoms. The van der Waals surface area contributed by atoms with Gasteiger partial charge in [0.1, 0.15) is 6.10 Å². The molecule has 0 aromatic heterocycles. The summed E-state index contributed by atoms with van der Waals surface area (Å²) < 4.78 is 32.4. The SMILES string of the molecule is CCCCCCCCCCCCCCCCCCCCCCCC(O)C(CS(=O)(=O)O)NC(=O)C(O)CCCCCCCCCC. The molecule has 0 bridgehead atoms. The predicted molar refractivity (Wildman–Crippen MR) is 195 cm³/mol. The third-order valence-electron chi connectivity index (χ3n) is 9.42. The van der Waals surface area contributed by atoms with Crippen molar-refractivity contribution in [2.45, 2.75) is 231 Å². The van der Waals surface area contributed by atoms with Gasteiger partial charge in [0.25, 0.3) is 10.1 Å². The van der Waals surface area contributed by atoms with E-state index in [4.69, 9.17) is 0 Å². The lowest BCUT2D eigenvalue weighted by Crippen LogP contribution is -2.50. The number of rotatable bonds is 36. The Hall–Kier alpha value is -0.700. The number of carbonyl (C=O) groups is 1. The summed E-state index contributed by atoms with van der Waals surface area (Å²) in [5, 5.41) is 23.4. The molecule has 0 aromatic rings. The minimum absolute atomic E-state index is 0.300. The van der Waals surface area contributed by atoms with Crippen LogP contribution in [0.1, 0.15) is 213 Å². The van der Waals surface area contributed by atoms with E-state index in [9.17, 15) is 28.0 Å². The molecule has 0 saturated heterocycles. The van der Waals surface area contributed by atoms with Gasteiger partial charge in [-0.1, -0.05) is 200 Å². The Morgan fingerprint density at radius 1 is 0.500 bits per heavy atom. The van der Waals surface area contributed by atoms with Crippen molar-refractivity contribution in [3.8, 4) is 0 Å². The summed E-state index contributed by atoms with van der Waals surface area (Å²) >= 11 is 0. The molecule has 0 saturated carbocycles. The number of amides is 1. The molecule has 4 N–H and O–H groups in total. The Morgan fingerprint density at radius 3 is 1.09 bits per heavy atom. The third-order valence-corrected chi connectivity index (χ3v) is 10.2. The summed E-state index contributed by atoms with van der Waals surface area (Å²) in [6.07, 6.45) is 34.3. The van der Waals surface area contributed by atoms with Crippen LogP contribution in [0.25, 0.3) is 0 Å². The Balaban J connectivity index is 3.86. The molecule has 0 aliphatic carbocycles. The number of nitrogens with one attached hydrogen (secondary N) is 1. The average Bonchev–Trinajstić information content (AvgIpc) is 3.01. The van der Waals surface area contributed by atoms with Crippen LogP contribution in [0, 0.1) is 0 Å². The maximum atomic E-state index is 12.5. The zero-order chi connectivity index (χ0) is 34.1. The van der Waals surface area contributed by atoms with Crippen LogP contribution in [0.3, 0.4) is 0 Å². The van der Waals surface area contributed by atoms with Crippen molar-refractivity contribution in [2.24, 2.45) is 0 Å². The smallest absolute Gasteiger partial charge is 0.266 e. The van der Waals surface area contributed by atoms with Crippen LogP contribution in [-0.2, 0) is 14.9 Å². The van der Waals surface area contributed by atoms with Gasteiger partial charge in [0.15, 0.2) is 0 Å². The quantitative estimate of drug-likeness (QED) is 0.0387. The molecule has 276 valence electrons. The summed E-state index contributed by atoms with van der Waals surface area (Å²) in [5.74, 6) is -1.45. The topological polar surface area (TPSA) is 124 Å². The fraction of sp³-hybridized carbons (Fsp3) is 0.974. The van der Waals surface area contributed by atoms with Crippen molar-refractivity contribution in [1.82, 2.24) is 5.32 Å². The number of aliphatic hydroxyl groups is 2. The van der Waals surface area contributed by atoms with E-state index in [1.165, 1.54) is 135 Å². The number of hydrogen-bond acceptors (Lipinski definition) is 5. The second-order valence-corrected chi connectivity index (χ2v) is 15.6. The van der Waals surface area contributed by atoms with Crippen molar-refractivity contribution in [3.63, 3.8) is 0 Å². The molecule has 0 fully saturated rings. The largest absolute Gasteiger partial charge is 0.391 e. The number of carbonyl (C=O) groups excluding carboxylic acids is 1. The minimum atomic E-state index is -4.40. The predicted octanol–water partition coefficient (Wildman–Crippen LogP) is 10.2. The summed E-state index contributed by atoms with van der Waals surface area (Å²) in [6.45, 7) is 4.47. The van der Waals surface area contributed by atoms with Gasteiger partial charge in [-0.3, -0.25) is 9.35 Å². The van der Waals surface area contributed by atoms with Gasteiger partial charge in [0.2, 0.25) is 5.91 Å². The Kier molecular flexibility index (Phi) is 32.3. The molecule has 0 radical (unpaired) electrons. The summed E-state index contributed by atoms with van der Waals surface area (Å²) in [7, 11) is -4.40. The maximum Gasteiger partial charge on any atom is 0.266 e. The lowest BCUT2D eigenvalue weighted by atomic mass is 10.0. The number of unbranched alkanes of at least 4 members (excludes halogenated alkanes) is 27. The first kappa shape index (κ1) is 45.3. The molecule has 0 aliphatic heterocycles. The van der Waals surface area contributed by atoms with Crippen molar-refractivity contribution >= 4 is 16.0 Å². The number of hydrogen-bond donors (Lipinski definition) is 4. The first-order chi connectivity index (χ1) is 22.2. The Bertz CT molecular complexity index is 762. The van der Waals surface area contributed by atoms with Gasteiger partial charge in [-0.2, -0.15) is 8.42 Å². The van der Waals surface area contributed by atoms with Gasteiger partial charge in [-0.25, -0.2) is 0 Å². The van der Waals surface area contributed by atoms with E-state index in [2.05, 4.69) is 19.2 Å². The standard InChI is InChI=1S/C38H77NO6S/c1-3-5-7-9-11-13-14-15-16-17-18-19-20-21-22-23-24-25-27-28-30-32-36(40)35(34-46(43,44)45)39-38(42)37(41)33-31-29-26-12-10-8-6-4-2/h35-37,40-41H,3-34H2,1-2H3,(H,39,42)(H,43,44,45). The molecule has 1 amide bonds. The summed E-state index contributed by atoms with van der Waals surface area (Å²) in [5.41, 5.74) is 0. The van der Waals surface area contributed by atoms with E-state index in [0.29, 0.717) is 19.3 Å². The molecule has 3 unspecified atom stereocenters. The lowest BCUT2D eigenvalue weighted by molar-refractivity contribution is -0.131. The fourth-order valence-corrected chi connectivity index (χ4v) is 7.10. The lowest BCUT2D eigenvalue weighted by Gasteiger charge is -2.24. The van der Waals surface area contributed by atoms with Crippen LogP contribution in [0.2, 0.25) is 0 Å². The van der Waals surface area contributed by atoms with Crippen LogP contribution < -0.4 is 5.32 Å². The fourth-order valence-electron chi connectivity index (χ4n) is 6.34. The van der Waals surface area contributed by atoms with Crippen LogP contribution in [0.4, 0.5) is 0 Å². The Morgan fingerprint density at radius 2 is 0.783 bits per heavy atom. The minimum Gasteiger partial charge on any atom is -0.391 e. The maximum absolute atomic E-state index is 12.5. The van der Waals surface area contributed by atoms with Crippen LogP contribution in [0.5, 0.6) is 0 Å². The molecule has 0 rings (SSSR count). The molecule has 7 nitrogen and oxygen atoms in total. The molecule has 3 atom stereocenters. The first-order valence-electron chi connectivity index (χ1n) is 19.8. The van der Waals surface area contributed by atoms with Crippen molar-refractivity contribution < 1.29 is 28.0 Å². The van der Waals surface area contributed by atoms with Crippen molar-refractivity contribution in [1.29, 1.82) is 0 Å². The average molecular weight is 676 g/mol. The highest BCUT2D eigenvalue weighted by Gasteiger charge is 2.28. The van der Waals surface area contributed by atoms with Gasteiger partial charge in [-0.15, -0.1) is 0 Å². The molecular weight excluding hydrogens is 598 g/mol. The highest BCUT2D eigenvalue weighted by Crippen LogP contribution is 2.17. The van der Waals surface area contributed by atoms with Crippen LogP contribution >= 0.6 is 0 Å². The zero-order valence-corrected chi connectivity index (χ0v) is 31.2. The zero-order valence-electron chi connectivity index (χ0n) is 30.3. The molecule has 8 heteroatoms. The highest BCUT2D eigenvalue weighted by molar-refractivity contribution is 7.85. The molecule has 0 heterocycles. The monoisotopic (exact) mass is 676 g/mol. The van der Waals surface area contributed by atoms with E-state index >= 15 is 0 Å². The van der Waals surface area contributed by atoms with E-state index in [1.54, 1.807) is 0 Å². The van der Waals surface area contributed by atoms with Crippen LogP contribution in [-0.4, -0.2) is 53.1 Å². The van der Waals surface area contributed by atoms with Gasteiger partial charge in [0.05, 0.1) is 17.9 Å². The second kappa shape index (κ2) is 32.8. The molecule has 46 heavy (non-hydrogen) atoms. The van der Waals surface area contributed by atoms with E-state index in [-0.39, 0.29) is 0 Å². The summed E-state index contributed by atoms with van der Waals surface area (Å²) in [6, 6.07) is -1.14. The third kappa shape index (κ3) is 31.9. The van der Waals surface area contributed by atoms with Gasteiger partial charge in [0, 0.05) is 0 Å². The Labute approximate surface area is 285 Å². The number of aliphatic hydroxyl groups excluding tert-OH is 2. The summed E-state index contributed by atoms with van der Waals surface area (Å²) in [4.78, 5) is 12.5.